The Hall–Kier alpha value is -2.72. The van der Waals surface area contributed by atoms with E-state index in [-0.39, 0.29) is 23.9 Å². The van der Waals surface area contributed by atoms with Gasteiger partial charge in [-0.1, -0.05) is 0 Å². The summed E-state index contributed by atoms with van der Waals surface area (Å²) < 4.78 is 7.31. The molecule has 31 heavy (non-hydrogen) atoms. The number of H-pyrrole nitrogens is 1. The van der Waals surface area contributed by atoms with E-state index in [9.17, 15) is 9.59 Å². The van der Waals surface area contributed by atoms with Crippen molar-refractivity contribution in [2.24, 2.45) is 0 Å². The minimum Gasteiger partial charge on any atom is -0.497 e. The number of nitrogens with one attached hydrogen (secondary N) is 2. The molecule has 1 fully saturated rings. The molecular formula is C21H30N6O3S. The number of rotatable bonds is 6. The number of methoxy groups -OCH3 is 1. The SMILES string of the molecule is COc1ccc(-c2n[nH]c(=S)n2CC(=O)N2CCN(CC(=O)NC(C)(C)C)CC2)cc1. The van der Waals surface area contributed by atoms with Crippen LogP contribution in [0.25, 0.3) is 11.4 Å². The van der Waals surface area contributed by atoms with Gasteiger partial charge in [0.1, 0.15) is 12.3 Å². The Labute approximate surface area is 187 Å². The number of aromatic nitrogens is 3. The molecule has 0 aliphatic carbocycles. The molecule has 9 nitrogen and oxygen atoms in total. The Morgan fingerprint density at radius 2 is 1.77 bits per heavy atom. The van der Waals surface area contributed by atoms with Crippen molar-refractivity contribution in [1.29, 1.82) is 0 Å². The number of amides is 2. The first-order chi connectivity index (χ1) is 14.7. The standard InChI is InChI=1S/C21H30N6O3S/c1-21(2,3)22-17(28)13-25-9-11-26(12-10-25)18(29)14-27-19(23-24-20(27)31)15-5-7-16(30-4)8-6-15/h5-8H,9-14H2,1-4H3,(H,22,28)(H,24,31). The van der Waals surface area contributed by atoms with E-state index in [4.69, 9.17) is 17.0 Å². The molecule has 168 valence electrons. The van der Waals surface area contributed by atoms with Crippen LogP contribution < -0.4 is 10.1 Å². The van der Waals surface area contributed by atoms with Crippen molar-refractivity contribution in [2.45, 2.75) is 32.9 Å². The highest BCUT2D eigenvalue weighted by atomic mass is 32.1. The lowest BCUT2D eigenvalue weighted by Crippen LogP contribution is -2.53. The number of nitrogens with zero attached hydrogens (tertiary/aromatic N) is 4. The molecule has 0 atom stereocenters. The van der Waals surface area contributed by atoms with Crippen molar-refractivity contribution < 1.29 is 14.3 Å². The van der Waals surface area contributed by atoms with Crippen LogP contribution in [0.5, 0.6) is 5.75 Å². The molecule has 0 bridgehead atoms. The van der Waals surface area contributed by atoms with Crippen LogP contribution in [0.15, 0.2) is 24.3 Å². The van der Waals surface area contributed by atoms with E-state index in [1.807, 2.05) is 49.9 Å². The second-order valence-corrected chi connectivity index (χ2v) is 9.01. The van der Waals surface area contributed by atoms with Crippen LogP contribution in [-0.4, -0.2) is 81.8 Å². The highest BCUT2D eigenvalue weighted by Crippen LogP contribution is 2.21. The van der Waals surface area contributed by atoms with Crippen LogP contribution in [0.3, 0.4) is 0 Å². The Balaban J connectivity index is 1.59. The monoisotopic (exact) mass is 446 g/mol. The summed E-state index contributed by atoms with van der Waals surface area (Å²) in [6.45, 7) is 8.80. The molecule has 1 aromatic heterocycles. The van der Waals surface area contributed by atoms with Gasteiger partial charge in [0.05, 0.1) is 13.7 Å². The molecule has 2 heterocycles. The van der Waals surface area contributed by atoms with Crippen molar-refractivity contribution in [3.63, 3.8) is 0 Å². The first-order valence-electron chi connectivity index (χ1n) is 10.3. The molecule has 0 spiro atoms. The van der Waals surface area contributed by atoms with Crippen LogP contribution in [-0.2, 0) is 16.1 Å². The topological polar surface area (TPSA) is 95.5 Å². The van der Waals surface area contributed by atoms with Crippen LogP contribution in [0, 0.1) is 4.77 Å². The number of carbonyl (C=O) groups excluding carboxylic acids is 2. The number of benzene rings is 1. The van der Waals surface area contributed by atoms with Crippen molar-refractivity contribution in [1.82, 2.24) is 29.9 Å². The maximum atomic E-state index is 12.9. The third-order valence-corrected chi connectivity index (χ3v) is 5.32. The summed E-state index contributed by atoms with van der Waals surface area (Å²) in [7, 11) is 1.61. The molecule has 1 saturated heterocycles. The van der Waals surface area contributed by atoms with Gasteiger partial charge in [0.25, 0.3) is 0 Å². The first kappa shape index (κ1) is 23.0. The van der Waals surface area contributed by atoms with Crippen LogP contribution in [0.4, 0.5) is 0 Å². The molecule has 0 radical (unpaired) electrons. The average Bonchev–Trinajstić information content (AvgIpc) is 3.07. The quantitative estimate of drug-likeness (QED) is 0.656. The van der Waals surface area contributed by atoms with Gasteiger partial charge in [0.15, 0.2) is 10.6 Å². The number of aromatic amines is 1. The third kappa shape index (κ3) is 6.14. The molecule has 0 saturated carbocycles. The van der Waals surface area contributed by atoms with E-state index in [0.29, 0.717) is 43.3 Å². The number of hydrogen-bond acceptors (Lipinski definition) is 6. The van der Waals surface area contributed by atoms with Gasteiger partial charge in [-0.2, -0.15) is 5.10 Å². The predicted molar refractivity (Wildman–Crippen MR) is 120 cm³/mol. The van der Waals surface area contributed by atoms with Crippen molar-refractivity contribution in [3.8, 4) is 17.1 Å². The number of ether oxygens (including phenoxy) is 1. The molecule has 2 aromatic rings. The minimum absolute atomic E-state index is 0.00103. The van der Waals surface area contributed by atoms with Crippen LogP contribution >= 0.6 is 12.2 Å². The summed E-state index contributed by atoms with van der Waals surface area (Å²) in [6, 6.07) is 7.45. The summed E-state index contributed by atoms with van der Waals surface area (Å²) in [4.78, 5) is 28.9. The van der Waals surface area contributed by atoms with Crippen molar-refractivity contribution in [2.75, 3.05) is 39.8 Å². The fraction of sp³-hybridized carbons (Fsp3) is 0.524. The van der Waals surface area contributed by atoms with E-state index in [1.54, 1.807) is 11.7 Å². The van der Waals surface area contributed by atoms with E-state index in [0.717, 1.165) is 11.3 Å². The number of carbonyl (C=O) groups is 2. The van der Waals surface area contributed by atoms with Crippen molar-refractivity contribution >= 4 is 24.0 Å². The second-order valence-electron chi connectivity index (χ2n) is 8.62. The fourth-order valence-electron chi connectivity index (χ4n) is 3.48. The highest BCUT2D eigenvalue weighted by molar-refractivity contribution is 7.71. The van der Waals surface area contributed by atoms with Gasteiger partial charge in [-0.15, -0.1) is 0 Å². The Morgan fingerprint density at radius 1 is 1.13 bits per heavy atom. The molecule has 2 N–H and O–H groups in total. The third-order valence-electron chi connectivity index (χ3n) is 5.01. The Morgan fingerprint density at radius 3 is 2.35 bits per heavy atom. The molecular weight excluding hydrogens is 416 g/mol. The lowest BCUT2D eigenvalue weighted by atomic mass is 10.1. The summed E-state index contributed by atoms with van der Waals surface area (Å²) in [5, 5.41) is 10.0. The summed E-state index contributed by atoms with van der Waals surface area (Å²) in [6.07, 6.45) is 0. The van der Waals surface area contributed by atoms with Gasteiger partial charge in [0.2, 0.25) is 11.8 Å². The van der Waals surface area contributed by atoms with E-state index in [1.165, 1.54) is 0 Å². The fourth-order valence-corrected chi connectivity index (χ4v) is 3.67. The molecule has 0 unspecified atom stereocenters. The molecule has 1 aliphatic heterocycles. The maximum absolute atomic E-state index is 12.9. The molecule has 1 aliphatic rings. The summed E-state index contributed by atoms with van der Waals surface area (Å²) in [5.41, 5.74) is 0.593. The highest BCUT2D eigenvalue weighted by Gasteiger charge is 2.24. The van der Waals surface area contributed by atoms with Gasteiger partial charge in [-0.25, -0.2) is 0 Å². The molecule has 3 rings (SSSR count). The number of piperazine rings is 1. The van der Waals surface area contributed by atoms with Gasteiger partial charge in [-0.05, 0) is 57.3 Å². The van der Waals surface area contributed by atoms with Crippen LogP contribution in [0.2, 0.25) is 0 Å². The Bertz CT molecular complexity index is 968. The average molecular weight is 447 g/mol. The van der Waals surface area contributed by atoms with E-state index < -0.39 is 0 Å². The van der Waals surface area contributed by atoms with Gasteiger partial charge in [-0.3, -0.25) is 24.2 Å². The molecule has 10 heteroatoms. The van der Waals surface area contributed by atoms with E-state index in [2.05, 4.69) is 20.4 Å². The lowest BCUT2D eigenvalue weighted by molar-refractivity contribution is -0.134. The smallest absolute Gasteiger partial charge is 0.242 e. The normalized spacial score (nSPS) is 15.0. The zero-order valence-electron chi connectivity index (χ0n) is 18.5. The summed E-state index contributed by atoms with van der Waals surface area (Å²) >= 11 is 5.35. The molecule has 2 amide bonds. The first-order valence-corrected chi connectivity index (χ1v) is 10.7. The minimum atomic E-state index is -0.250. The Kier molecular flexibility index (Phi) is 7.11. The molecule has 1 aromatic carbocycles. The van der Waals surface area contributed by atoms with Crippen molar-refractivity contribution in [3.05, 3.63) is 29.0 Å². The number of hydrogen-bond donors (Lipinski definition) is 2. The largest absolute Gasteiger partial charge is 0.497 e. The maximum Gasteiger partial charge on any atom is 0.242 e. The lowest BCUT2D eigenvalue weighted by Gasteiger charge is -2.35. The zero-order chi connectivity index (χ0) is 22.6. The summed E-state index contributed by atoms with van der Waals surface area (Å²) in [5.74, 6) is 1.33. The zero-order valence-corrected chi connectivity index (χ0v) is 19.3. The van der Waals surface area contributed by atoms with E-state index >= 15 is 0 Å². The van der Waals surface area contributed by atoms with Gasteiger partial charge < -0.3 is 15.0 Å². The second kappa shape index (κ2) is 9.61. The van der Waals surface area contributed by atoms with Crippen LogP contribution in [0.1, 0.15) is 20.8 Å². The predicted octanol–water partition coefficient (Wildman–Crippen LogP) is 1.68. The van der Waals surface area contributed by atoms with Gasteiger partial charge in [0, 0.05) is 37.3 Å². The van der Waals surface area contributed by atoms with Gasteiger partial charge >= 0.3 is 0 Å².